The van der Waals surface area contributed by atoms with E-state index in [1.165, 1.54) is 0 Å². The number of benzene rings is 1. The number of rotatable bonds is 6. The van der Waals surface area contributed by atoms with Gasteiger partial charge in [-0.15, -0.1) is 0 Å². The Kier molecular flexibility index (Phi) is 6.69. The molecule has 0 bridgehead atoms. The van der Waals surface area contributed by atoms with Gasteiger partial charge in [-0.3, -0.25) is 4.68 Å². The van der Waals surface area contributed by atoms with E-state index in [0.29, 0.717) is 36.7 Å². The van der Waals surface area contributed by atoms with Crippen LogP contribution < -0.4 is 9.64 Å². The summed E-state index contributed by atoms with van der Waals surface area (Å²) in [6.07, 6.45) is 9.06. The second-order valence-electron chi connectivity index (χ2n) is 9.72. The van der Waals surface area contributed by atoms with Gasteiger partial charge in [-0.25, -0.2) is 18.1 Å². The minimum Gasteiger partial charge on any atom is -0.497 e. The van der Waals surface area contributed by atoms with Gasteiger partial charge in [0.25, 0.3) is 0 Å². The van der Waals surface area contributed by atoms with Crippen LogP contribution in [0.1, 0.15) is 11.1 Å². The van der Waals surface area contributed by atoms with Crippen LogP contribution in [0.15, 0.2) is 77.8 Å². The number of hydrogen-bond donors (Lipinski definition) is 0. The Labute approximate surface area is 232 Å². The Hall–Kier alpha value is -4.69. The molecule has 0 aliphatic carbocycles. The molecule has 202 valence electrons. The third kappa shape index (κ3) is 5.01. The van der Waals surface area contributed by atoms with Crippen molar-refractivity contribution in [1.29, 1.82) is 5.26 Å². The molecule has 40 heavy (non-hydrogen) atoms. The van der Waals surface area contributed by atoms with Crippen LogP contribution in [0.5, 0.6) is 5.75 Å². The third-order valence-electron chi connectivity index (χ3n) is 7.16. The number of pyridine rings is 2. The number of ether oxygens (including phenoxy) is 1. The predicted octanol–water partition coefficient (Wildman–Crippen LogP) is 4.17. The van der Waals surface area contributed by atoms with E-state index in [9.17, 15) is 9.47 Å². The van der Waals surface area contributed by atoms with E-state index >= 15 is 0 Å². The number of anilines is 1. The molecular weight excluding hydrogens is 524 g/mol. The Morgan fingerprint density at radius 3 is 2.45 bits per heavy atom. The van der Waals surface area contributed by atoms with Crippen molar-refractivity contribution < 1.29 is 8.95 Å². The average Bonchev–Trinajstić information content (AvgIpc) is 3.62. The van der Waals surface area contributed by atoms with Crippen LogP contribution in [0.4, 0.5) is 5.82 Å². The van der Waals surface area contributed by atoms with Crippen molar-refractivity contribution >= 4 is 21.1 Å². The highest BCUT2D eigenvalue weighted by molar-refractivity contribution is 7.93. The van der Waals surface area contributed by atoms with Gasteiger partial charge in [0.2, 0.25) is 0 Å². The highest BCUT2D eigenvalue weighted by Gasteiger charge is 2.22. The number of fused-ring (bicyclic) bond motifs is 1. The lowest BCUT2D eigenvalue weighted by atomic mass is 10.0. The summed E-state index contributed by atoms with van der Waals surface area (Å²) in [4.78, 5) is 6.90. The summed E-state index contributed by atoms with van der Waals surface area (Å²) in [7, 11) is 1.24. The number of nitrogens with zero attached hydrogens (tertiary/aromatic N) is 8. The molecule has 1 saturated heterocycles. The summed E-state index contributed by atoms with van der Waals surface area (Å²) >= 11 is 0. The van der Waals surface area contributed by atoms with Crippen LogP contribution in [-0.4, -0.2) is 60.3 Å². The zero-order valence-electron chi connectivity index (χ0n) is 22.3. The van der Waals surface area contributed by atoms with E-state index < -0.39 is 9.73 Å². The standard InChI is InChI=1S/C29H28N8O2S/c1-35-19-25(18-32-35)23-13-27(29-24(14-30)17-33-37(29)20-23)22-5-8-28(31-16-22)36-9-11-40(38,12-10-36)34-15-21-3-6-26(39-2)7-4-21/h3-8,13,16-20H,9-12,15H2,1-2H3. The van der Waals surface area contributed by atoms with E-state index in [2.05, 4.69) is 25.5 Å². The molecule has 1 fully saturated rings. The molecule has 5 aromatic rings. The van der Waals surface area contributed by atoms with Gasteiger partial charge in [0.05, 0.1) is 46.9 Å². The minimum atomic E-state index is -2.27. The predicted molar refractivity (Wildman–Crippen MR) is 155 cm³/mol. The van der Waals surface area contributed by atoms with Crippen molar-refractivity contribution in [1.82, 2.24) is 24.4 Å². The first-order valence-electron chi connectivity index (χ1n) is 12.9. The van der Waals surface area contributed by atoms with Crippen molar-refractivity contribution in [2.24, 2.45) is 11.4 Å². The first kappa shape index (κ1) is 25.6. The van der Waals surface area contributed by atoms with Crippen molar-refractivity contribution in [2.45, 2.75) is 6.54 Å². The molecule has 0 radical (unpaired) electrons. The highest BCUT2D eigenvalue weighted by atomic mass is 32.2. The molecule has 1 aromatic carbocycles. The van der Waals surface area contributed by atoms with Crippen LogP contribution in [0.3, 0.4) is 0 Å². The van der Waals surface area contributed by atoms with Gasteiger partial charge in [0, 0.05) is 72.5 Å². The van der Waals surface area contributed by atoms with E-state index in [-0.39, 0.29) is 0 Å². The van der Waals surface area contributed by atoms with E-state index in [1.807, 2.05) is 68.1 Å². The number of aromatic nitrogens is 5. The molecular formula is C29H28N8O2S. The Bertz CT molecular complexity index is 1830. The van der Waals surface area contributed by atoms with Crippen molar-refractivity contribution in [3.63, 3.8) is 0 Å². The summed E-state index contributed by atoms with van der Waals surface area (Å²) in [6.45, 7) is 1.68. The van der Waals surface area contributed by atoms with Crippen LogP contribution in [-0.2, 0) is 23.3 Å². The van der Waals surface area contributed by atoms with Gasteiger partial charge < -0.3 is 9.64 Å². The van der Waals surface area contributed by atoms with Gasteiger partial charge in [-0.1, -0.05) is 12.1 Å². The molecule has 4 aromatic heterocycles. The van der Waals surface area contributed by atoms with Gasteiger partial charge in [-0.05, 0) is 35.9 Å². The molecule has 0 amide bonds. The minimum absolute atomic E-state index is 0.432. The molecule has 0 N–H and O–H groups in total. The Morgan fingerprint density at radius 2 is 1.80 bits per heavy atom. The second kappa shape index (κ2) is 10.5. The van der Waals surface area contributed by atoms with Gasteiger partial charge in [-0.2, -0.15) is 15.5 Å². The number of nitriles is 1. The quantitative estimate of drug-likeness (QED) is 0.311. The molecule has 11 heteroatoms. The highest BCUT2D eigenvalue weighted by Crippen LogP contribution is 2.32. The third-order valence-corrected chi connectivity index (χ3v) is 9.40. The van der Waals surface area contributed by atoms with Gasteiger partial charge in [0.15, 0.2) is 0 Å². The van der Waals surface area contributed by atoms with Crippen LogP contribution in [0.2, 0.25) is 0 Å². The molecule has 5 heterocycles. The van der Waals surface area contributed by atoms with Gasteiger partial charge >= 0.3 is 0 Å². The lowest BCUT2D eigenvalue weighted by Crippen LogP contribution is -2.40. The lowest BCUT2D eigenvalue weighted by Gasteiger charge is -2.29. The molecule has 10 nitrogen and oxygen atoms in total. The second-order valence-corrected chi connectivity index (χ2v) is 12.3. The van der Waals surface area contributed by atoms with Crippen LogP contribution in [0, 0.1) is 11.3 Å². The van der Waals surface area contributed by atoms with E-state index in [4.69, 9.17) is 9.72 Å². The Balaban J connectivity index is 1.22. The first-order chi connectivity index (χ1) is 19.4. The van der Waals surface area contributed by atoms with E-state index in [1.54, 1.807) is 28.7 Å². The zero-order chi connectivity index (χ0) is 27.7. The number of hydrogen-bond acceptors (Lipinski definition) is 8. The number of aryl methyl sites for hydroxylation is 1. The molecule has 0 atom stereocenters. The summed E-state index contributed by atoms with van der Waals surface area (Å²) in [5.41, 5.74) is 5.90. The molecule has 1 aliphatic rings. The maximum absolute atomic E-state index is 13.3. The summed E-state index contributed by atoms with van der Waals surface area (Å²) < 4.78 is 26.6. The average molecular weight is 553 g/mol. The maximum atomic E-state index is 13.3. The number of methoxy groups -OCH3 is 1. The smallest absolute Gasteiger partial charge is 0.128 e. The molecule has 0 spiro atoms. The van der Waals surface area contributed by atoms with Gasteiger partial charge in [0.1, 0.15) is 17.6 Å². The van der Waals surface area contributed by atoms with E-state index in [0.717, 1.165) is 44.9 Å². The maximum Gasteiger partial charge on any atom is 0.128 e. The van der Waals surface area contributed by atoms with Crippen LogP contribution in [0.25, 0.3) is 27.8 Å². The largest absolute Gasteiger partial charge is 0.497 e. The van der Waals surface area contributed by atoms with Crippen LogP contribution >= 0.6 is 0 Å². The molecule has 0 saturated carbocycles. The Morgan fingerprint density at radius 1 is 1.00 bits per heavy atom. The molecule has 6 rings (SSSR count). The van der Waals surface area contributed by atoms with Crippen molar-refractivity contribution in [3.05, 3.63) is 84.6 Å². The lowest BCUT2D eigenvalue weighted by molar-refractivity contribution is 0.414. The molecule has 1 aliphatic heterocycles. The summed E-state index contributed by atoms with van der Waals surface area (Å²) in [5, 5.41) is 18.4. The monoisotopic (exact) mass is 552 g/mol. The van der Waals surface area contributed by atoms with Crippen molar-refractivity contribution in [3.8, 4) is 34.1 Å². The summed E-state index contributed by atoms with van der Waals surface area (Å²) in [6, 6.07) is 16.0. The topological polar surface area (TPSA) is 114 Å². The fourth-order valence-electron chi connectivity index (χ4n) is 4.88. The fourth-order valence-corrected chi connectivity index (χ4v) is 6.74. The SMILES string of the molecule is COc1ccc(CN=S2(=O)CCN(c3ccc(-c4cc(-c5cnn(C)c5)cn5ncc(C#N)c45)cn3)CC2)cc1. The fraction of sp³-hybridized carbons (Fsp3) is 0.241. The molecule has 0 unspecified atom stereocenters. The first-order valence-corrected chi connectivity index (χ1v) is 14.7. The summed E-state index contributed by atoms with van der Waals surface area (Å²) in [5.74, 6) is 2.62. The zero-order valence-corrected chi connectivity index (χ0v) is 23.1. The normalized spacial score (nSPS) is 14.7. The van der Waals surface area contributed by atoms with Crippen molar-refractivity contribution in [2.75, 3.05) is 36.6 Å².